The van der Waals surface area contributed by atoms with Crippen molar-refractivity contribution in [3.8, 4) is 5.75 Å². The van der Waals surface area contributed by atoms with E-state index in [4.69, 9.17) is 5.73 Å². The van der Waals surface area contributed by atoms with Crippen LogP contribution in [0.2, 0.25) is 0 Å². The van der Waals surface area contributed by atoms with Crippen molar-refractivity contribution in [2.75, 3.05) is 26.2 Å². The van der Waals surface area contributed by atoms with Crippen molar-refractivity contribution in [1.29, 1.82) is 0 Å². The molecule has 1 unspecified atom stereocenters. The predicted molar refractivity (Wildman–Crippen MR) is 100 cm³/mol. The van der Waals surface area contributed by atoms with Gasteiger partial charge in [0.1, 0.15) is 5.75 Å². The summed E-state index contributed by atoms with van der Waals surface area (Å²) in [6.07, 6.45) is 3.04. The number of nitrogens with zero attached hydrogens (tertiary/aromatic N) is 1. The van der Waals surface area contributed by atoms with Gasteiger partial charge in [-0.05, 0) is 44.4 Å². The number of hydrogen-bond acceptors (Lipinski definition) is 4. The zero-order valence-electron chi connectivity index (χ0n) is 15.0. The predicted octanol–water partition coefficient (Wildman–Crippen LogP) is 2.42. The number of likely N-dealkylation sites (tertiary alicyclic amines) is 1. The SMILES string of the molecule is Cl.NCCCCNC(=O)C1CCCN(C(=O)c2ccccc2OC(F)F)C1. The highest BCUT2D eigenvalue weighted by molar-refractivity contribution is 5.97. The molecular formula is C18H26ClF2N3O3. The third-order valence-electron chi connectivity index (χ3n) is 4.34. The molecule has 1 heterocycles. The number of unbranched alkanes of at least 4 members (excludes halogenated alkanes) is 1. The van der Waals surface area contributed by atoms with E-state index in [2.05, 4.69) is 10.1 Å². The van der Waals surface area contributed by atoms with Gasteiger partial charge in [0.2, 0.25) is 5.91 Å². The summed E-state index contributed by atoms with van der Waals surface area (Å²) in [6.45, 7) is -1.10. The lowest BCUT2D eigenvalue weighted by Gasteiger charge is -2.32. The molecule has 0 bridgehead atoms. The van der Waals surface area contributed by atoms with Gasteiger partial charge < -0.3 is 20.7 Å². The van der Waals surface area contributed by atoms with Crippen LogP contribution >= 0.6 is 12.4 Å². The summed E-state index contributed by atoms with van der Waals surface area (Å²) in [5.74, 6) is -0.937. The van der Waals surface area contributed by atoms with Crippen LogP contribution in [0.15, 0.2) is 24.3 Å². The smallest absolute Gasteiger partial charge is 0.387 e. The van der Waals surface area contributed by atoms with E-state index >= 15 is 0 Å². The first-order valence-electron chi connectivity index (χ1n) is 8.83. The molecule has 6 nitrogen and oxygen atoms in total. The lowest BCUT2D eigenvalue weighted by Crippen LogP contribution is -2.45. The first-order chi connectivity index (χ1) is 12.5. The number of carbonyl (C=O) groups excluding carboxylic acids is 2. The maximum absolute atomic E-state index is 12.7. The van der Waals surface area contributed by atoms with E-state index in [0.29, 0.717) is 32.5 Å². The van der Waals surface area contributed by atoms with Crippen LogP contribution in [0.5, 0.6) is 5.75 Å². The van der Waals surface area contributed by atoms with Crippen molar-refractivity contribution in [3.05, 3.63) is 29.8 Å². The maximum atomic E-state index is 12.7. The minimum Gasteiger partial charge on any atom is -0.434 e. The van der Waals surface area contributed by atoms with Gasteiger partial charge in [-0.2, -0.15) is 8.78 Å². The second-order valence-electron chi connectivity index (χ2n) is 6.25. The van der Waals surface area contributed by atoms with Crippen molar-refractivity contribution in [2.24, 2.45) is 11.7 Å². The Kier molecular flexibility index (Phi) is 10.0. The van der Waals surface area contributed by atoms with Gasteiger partial charge >= 0.3 is 6.61 Å². The van der Waals surface area contributed by atoms with Gasteiger partial charge in [0, 0.05) is 19.6 Å². The fourth-order valence-electron chi connectivity index (χ4n) is 3.01. The number of halogens is 3. The molecule has 0 aliphatic carbocycles. The number of nitrogens with one attached hydrogen (secondary N) is 1. The Balaban J connectivity index is 0.00000364. The van der Waals surface area contributed by atoms with Crippen molar-refractivity contribution in [2.45, 2.75) is 32.3 Å². The molecular weight excluding hydrogens is 380 g/mol. The Morgan fingerprint density at radius 2 is 2.04 bits per heavy atom. The number of hydrogen-bond donors (Lipinski definition) is 2. The Labute approximate surface area is 163 Å². The van der Waals surface area contributed by atoms with Crippen molar-refractivity contribution < 1.29 is 23.1 Å². The lowest BCUT2D eigenvalue weighted by molar-refractivity contribution is -0.126. The number of para-hydroxylation sites is 1. The minimum atomic E-state index is -3.00. The molecule has 0 radical (unpaired) electrons. The highest BCUT2D eigenvalue weighted by Gasteiger charge is 2.30. The molecule has 2 rings (SSSR count). The number of rotatable bonds is 8. The van der Waals surface area contributed by atoms with Crippen LogP contribution < -0.4 is 15.8 Å². The molecule has 1 saturated heterocycles. The molecule has 3 N–H and O–H groups in total. The second-order valence-corrected chi connectivity index (χ2v) is 6.25. The van der Waals surface area contributed by atoms with Crippen LogP contribution in [0, 0.1) is 5.92 Å². The van der Waals surface area contributed by atoms with Gasteiger partial charge in [0.25, 0.3) is 5.91 Å². The van der Waals surface area contributed by atoms with E-state index < -0.39 is 12.5 Å². The summed E-state index contributed by atoms with van der Waals surface area (Å²) in [7, 11) is 0. The summed E-state index contributed by atoms with van der Waals surface area (Å²) in [5, 5.41) is 2.87. The number of ether oxygens (including phenoxy) is 1. The van der Waals surface area contributed by atoms with E-state index in [-0.39, 0.29) is 42.1 Å². The molecule has 0 aromatic heterocycles. The standard InChI is InChI=1S/C18H25F2N3O3.ClH/c19-18(20)26-15-8-2-1-7-14(15)17(25)23-11-5-6-13(12-23)16(24)22-10-4-3-9-21;/h1-2,7-8,13,18H,3-6,9-12,21H2,(H,22,24);1H. The van der Waals surface area contributed by atoms with Crippen LogP contribution in [0.25, 0.3) is 0 Å². The number of nitrogens with two attached hydrogens (primary N) is 1. The van der Waals surface area contributed by atoms with E-state index in [1.165, 1.54) is 23.1 Å². The Bertz CT molecular complexity index is 619. The molecule has 1 atom stereocenters. The molecule has 0 spiro atoms. The summed E-state index contributed by atoms with van der Waals surface area (Å²) in [6, 6.07) is 5.92. The molecule has 1 aliphatic heterocycles. The Morgan fingerprint density at radius 1 is 1.30 bits per heavy atom. The van der Waals surface area contributed by atoms with Gasteiger partial charge in [-0.15, -0.1) is 12.4 Å². The van der Waals surface area contributed by atoms with E-state index in [1.54, 1.807) is 6.07 Å². The average Bonchev–Trinajstić information content (AvgIpc) is 2.64. The fourth-order valence-corrected chi connectivity index (χ4v) is 3.01. The number of benzene rings is 1. The molecule has 9 heteroatoms. The van der Waals surface area contributed by atoms with Crippen molar-refractivity contribution in [1.82, 2.24) is 10.2 Å². The summed E-state index contributed by atoms with van der Waals surface area (Å²) >= 11 is 0. The minimum absolute atomic E-state index is 0. The van der Waals surface area contributed by atoms with Crippen LogP contribution in [-0.2, 0) is 4.79 Å². The highest BCUT2D eigenvalue weighted by Crippen LogP contribution is 2.25. The molecule has 152 valence electrons. The largest absolute Gasteiger partial charge is 0.434 e. The van der Waals surface area contributed by atoms with E-state index in [1.807, 2.05) is 0 Å². The first-order valence-corrected chi connectivity index (χ1v) is 8.83. The molecule has 1 aromatic rings. The van der Waals surface area contributed by atoms with Crippen LogP contribution in [-0.4, -0.2) is 49.5 Å². The second kappa shape index (κ2) is 11.7. The zero-order valence-corrected chi connectivity index (χ0v) is 15.9. The first kappa shape index (κ1) is 23.1. The lowest BCUT2D eigenvalue weighted by atomic mass is 9.96. The van der Waals surface area contributed by atoms with Gasteiger partial charge in [0.05, 0.1) is 11.5 Å². The summed E-state index contributed by atoms with van der Waals surface area (Å²) in [5.41, 5.74) is 5.50. The molecule has 1 aliphatic rings. The molecule has 1 aromatic carbocycles. The molecule has 27 heavy (non-hydrogen) atoms. The Morgan fingerprint density at radius 3 is 2.74 bits per heavy atom. The third kappa shape index (κ3) is 6.95. The van der Waals surface area contributed by atoms with Gasteiger partial charge in [-0.25, -0.2) is 0 Å². The van der Waals surface area contributed by atoms with Crippen molar-refractivity contribution in [3.63, 3.8) is 0 Å². The maximum Gasteiger partial charge on any atom is 0.387 e. The highest BCUT2D eigenvalue weighted by atomic mass is 35.5. The number of piperidine rings is 1. The molecule has 2 amide bonds. The number of carbonyl (C=O) groups is 2. The van der Waals surface area contributed by atoms with Crippen LogP contribution in [0.4, 0.5) is 8.78 Å². The quantitative estimate of drug-likeness (QED) is 0.650. The van der Waals surface area contributed by atoms with Crippen molar-refractivity contribution >= 4 is 24.2 Å². The average molecular weight is 406 g/mol. The molecule has 0 saturated carbocycles. The van der Waals surface area contributed by atoms with E-state index in [9.17, 15) is 18.4 Å². The zero-order chi connectivity index (χ0) is 18.9. The number of amides is 2. The van der Waals surface area contributed by atoms with Gasteiger partial charge in [0.15, 0.2) is 0 Å². The normalized spacial score (nSPS) is 16.6. The summed E-state index contributed by atoms with van der Waals surface area (Å²) < 4.78 is 29.5. The fraction of sp³-hybridized carbons (Fsp3) is 0.556. The van der Waals surface area contributed by atoms with Crippen LogP contribution in [0.3, 0.4) is 0 Å². The Hall–Kier alpha value is -1.93. The third-order valence-corrected chi connectivity index (χ3v) is 4.34. The summed E-state index contributed by atoms with van der Waals surface area (Å²) in [4.78, 5) is 26.5. The molecule has 1 fully saturated rings. The topological polar surface area (TPSA) is 84.7 Å². The monoisotopic (exact) mass is 405 g/mol. The van der Waals surface area contributed by atoms with Gasteiger partial charge in [-0.1, -0.05) is 12.1 Å². The van der Waals surface area contributed by atoms with Gasteiger partial charge in [-0.3, -0.25) is 9.59 Å². The van der Waals surface area contributed by atoms with E-state index in [0.717, 1.165) is 12.8 Å². The van der Waals surface area contributed by atoms with Crippen LogP contribution in [0.1, 0.15) is 36.0 Å². The number of alkyl halides is 2.